The van der Waals surface area contributed by atoms with E-state index in [1.807, 2.05) is 10.8 Å². The maximum Gasteiger partial charge on any atom is 0.0945 e. The summed E-state index contributed by atoms with van der Waals surface area (Å²) in [6.45, 7) is 1.11. The molecule has 0 aromatic carbocycles. The van der Waals surface area contributed by atoms with Crippen LogP contribution in [0.2, 0.25) is 0 Å². The molecule has 0 spiro atoms. The van der Waals surface area contributed by atoms with Gasteiger partial charge in [-0.05, 0) is 6.42 Å². The fourth-order valence-corrected chi connectivity index (χ4v) is 0.672. The highest BCUT2D eigenvalue weighted by Gasteiger charge is 1.85. The molecule has 0 saturated carbocycles. The number of rotatable bonds is 3. The zero-order valence-electron chi connectivity index (χ0n) is 5.60. The van der Waals surface area contributed by atoms with Crippen molar-refractivity contribution in [1.29, 1.82) is 0 Å². The van der Waals surface area contributed by atoms with Crippen LogP contribution in [0.25, 0.3) is 0 Å². The van der Waals surface area contributed by atoms with Crippen molar-refractivity contribution < 1.29 is 5.11 Å². The van der Waals surface area contributed by atoms with Gasteiger partial charge in [-0.3, -0.25) is 0 Å². The summed E-state index contributed by atoms with van der Waals surface area (Å²) in [7, 11) is 0. The first-order valence-corrected chi connectivity index (χ1v) is 3.00. The summed E-state index contributed by atoms with van der Waals surface area (Å²) in [6.07, 6.45) is 6.17. The lowest BCUT2D eigenvalue weighted by Gasteiger charge is -1.96. The monoisotopic (exact) mass is 162 g/mol. The molecule has 0 amide bonds. The molecule has 1 rings (SSSR count). The van der Waals surface area contributed by atoms with Gasteiger partial charge in [-0.15, -0.1) is 12.4 Å². The molecule has 58 valence electrons. The van der Waals surface area contributed by atoms with Gasteiger partial charge in [0.05, 0.1) is 6.33 Å². The second-order valence-electron chi connectivity index (χ2n) is 1.88. The molecule has 1 heterocycles. The Balaban J connectivity index is 0.000000810. The summed E-state index contributed by atoms with van der Waals surface area (Å²) >= 11 is 0. The molecule has 0 atom stereocenters. The Bertz CT molecular complexity index is 153. The minimum Gasteiger partial charge on any atom is -0.396 e. The highest BCUT2D eigenvalue weighted by Crippen LogP contribution is 1.87. The van der Waals surface area contributed by atoms with Crippen LogP contribution in [0.15, 0.2) is 18.7 Å². The van der Waals surface area contributed by atoms with Crippen LogP contribution >= 0.6 is 12.4 Å². The third-order valence-corrected chi connectivity index (χ3v) is 1.13. The first kappa shape index (κ1) is 9.46. The van der Waals surface area contributed by atoms with Crippen LogP contribution in [0.3, 0.4) is 0 Å². The number of aromatic nitrogens is 2. The van der Waals surface area contributed by atoms with Gasteiger partial charge >= 0.3 is 0 Å². The number of aliphatic hydroxyl groups excluding tert-OH is 1. The van der Waals surface area contributed by atoms with E-state index in [9.17, 15) is 0 Å². The van der Waals surface area contributed by atoms with E-state index < -0.39 is 0 Å². The fourth-order valence-electron chi connectivity index (χ4n) is 0.672. The predicted octanol–water partition coefficient (Wildman–Crippen LogP) is 0.687. The first-order chi connectivity index (χ1) is 4.43. The van der Waals surface area contributed by atoms with Crippen molar-refractivity contribution in [2.45, 2.75) is 13.0 Å². The molecule has 0 aliphatic carbocycles. The first-order valence-electron chi connectivity index (χ1n) is 3.00. The van der Waals surface area contributed by atoms with Crippen molar-refractivity contribution in [2.75, 3.05) is 6.61 Å². The van der Waals surface area contributed by atoms with Crippen molar-refractivity contribution in [3.05, 3.63) is 18.7 Å². The second-order valence-corrected chi connectivity index (χ2v) is 1.88. The highest BCUT2D eigenvalue weighted by molar-refractivity contribution is 5.85. The summed E-state index contributed by atoms with van der Waals surface area (Å²) in [6, 6.07) is 0. The van der Waals surface area contributed by atoms with Gasteiger partial charge in [0.1, 0.15) is 0 Å². The van der Waals surface area contributed by atoms with E-state index in [1.165, 1.54) is 0 Å². The quantitative estimate of drug-likeness (QED) is 0.710. The smallest absolute Gasteiger partial charge is 0.0945 e. The third kappa shape index (κ3) is 2.85. The largest absolute Gasteiger partial charge is 0.396 e. The Morgan fingerprint density at radius 3 is 2.80 bits per heavy atom. The molecule has 0 saturated heterocycles. The van der Waals surface area contributed by atoms with Crippen LogP contribution in [-0.2, 0) is 6.54 Å². The van der Waals surface area contributed by atoms with Gasteiger partial charge in [-0.25, -0.2) is 4.98 Å². The molecular weight excluding hydrogens is 152 g/mol. The van der Waals surface area contributed by atoms with Gasteiger partial charge in [0.2, 0.25) is 0 Å². The van der Waals surface area contributed by atoms with Crippen molar-refractivity contribution in [2.24, 2.45) is 0 Å². The average molecular weight is 163 g/mol. The maximum absolute atomic E-state index is 8.43. The molecule has 0 fully saturated rings. The predicted molar refractivity (Wildman–Crippen MR) is 41.2 cm³/mol. The topological polar surface area (TPSA) is 38.0 Å². The van der Waals surface area contributed by atoms with Crippen LogP contribution < -0.4 is 0 Å². The van der Waals surface area contributed by atoms with Crippen LogP contribution in [0.1, 0.15) is 6.42 Å². The SMILES string of the molecule is Cl.OCCCn1ccnc1. The molecule has 1 aromatic rings. The molecule has 0 radical (unpaired) electrons. The minimum absolute atomic E-state index is 0. The van der Waals surface area contributed by atoms with Crippen LogP contribution in [-0.4, -0.2) is 21.3 Å². The van der Waals surface area contributed by atoms with Crippen LogP contribution in [0.4, 0.5) is 0 Å². The number of hydrogen-bond acceptors (Lipinski definition) is 2. The lowest BCUT2D eigenvalue weighted by atomic mass is 10.4. The van der Waals surface area contributed by atoms with Gasteiger partial charge in [0.15, 0.2) is 0 Å². The maximum atomic E-state index is 8.43. The van der Waals surface area contributed by atoms with Crippen LogP contribution in [0.5, 0.6) is 0 Å². The van der Waals surface area contributed by atoms with E-state index in [4.69, 9.17) is 5.11 Å². The fraction of sp³-hybridized carbons (Fsp3) is 0.500. The molecule has 0 bridgehead atoms. The Kier molecular flexibility index (Phi) is 4.98. The van der Waals surface area contributed by atoms with E-state index >= 15 is 0 Å². The summed E-state index contributed by atoms with van der Waals surface area (Å²) in [5.41, 5.74) is 0. The van der Waals surface area contributed by atoms with Crippen LogP contribution in [0, 0.1) is 0 Å². The molecule has 1 N–H and O–H groups in total. The Morgan fingerprint density at radius 1 is 1.50 bits per heavy atom. The number of aryl methyl sites for hydroxylation is 1. The Labute approximate surface area is 66.1 Å². The normalized spacial score (nSPS) is 8.90. The van der Waals surface area contributed by atoms with Crippen molar-refractivity contribution >= 4 is 12.4 Å². The minimum atomic E-state index is 0. The second kappa shape index (κ2) is 5.26. The van der Waals surface area contributed by atoms with Gasteiger partial charge in [-0.1, -0.05) is 0 Å². The molecule has 1 aromatic heterocycles. The molecule has 3 nitrogen and oxygen atoms in total. The summed E-state index contributed by atoms with van der Waals surface area (Å²) in [4.78, 5) is 3.86. The lowest BCUT2D eigenvalue weighted by Crippen LogP contribution is -1.96. The number of aliphatic hydroxyl groups is 1. The average Bonchev–Trinajstić information content (AvgIpc) is 2.34. The van der Waals surface area contributed by atoms with Gasteiger partial charge in [0.25, 0.3) is 0 Å². The third-order valence-electron chi connectivity index (χ3n) is 1.13. The lowest BCUT2D eigenvalue weighted by molar-refractivity contribution is 0.280. The Hall–Kier alpha value is -0.540. The number of hydrogen-bond donors (Lipinski definition) is 1. The molecule has 10 heavy (non-hydrogen) atoms. The number of nitrogens with zero attached hydrogens (tertiary/aromatic N) is 2. The summed E-state index contributed by atoms with van der Waals surface area (Å²) < 4.78 is 1.94. The van der Waals surface area contributed by atoms with Crippen molar-refractivity contribution in [3.8, 4) is 0 Å². The zero-order chi connectivity index (χ0) is 6.53. The van der Waals surface area contributed by atoms with Gasteiger partial charge < -0.3 is 9.67 Å². The summed E-state index contributed by atoms with van der Waals surface area (Å²) in [5, 5.41) is 8.43. The standard InChI is InChI=1S/C6H10N2O.ClH/c9-5-1-3-8-4-2-7-6-8;/h2,4,6,9H,1,3,5H2;1H. The van der Waals surface area contributed by atoms with E-state index in [1.54, 1.807) is 12.5 Å². The molecule has 4 heteroatoms. The molecule has 0 unspecified atom stereocenters. The van der Waals surface area contributed by atoms with E-state index in [-0.39, 0.29) is 19.0 Å². The van der Waals surface area contributed by atoms with E-state index in [2.05, 4.69) is 4.98 Å². The van der Waals surface area contributed by atoms with Gasteiger partial charge in [-0.2, -0.15) is 0 Å². The molecule has 0 aliphatic heterocycles. The Morgan fingerprint density at radius 2 is 2.30 bits per heavy atom. The van der Waals surface area contributed by atoms with Gasteiger partial charge in [0, 0.05) is 25.5 Å². The number of imidazole rings is 1. The summed E-state index contributed by atoms with van der Waals surface area (Å²) in [5.74, 6) is 0. The van der Waals surface area contributed by atoms with E-state index in [0.29, 0.717) is 0 Å². The van der Waals surface area contributed by atoms with E-state index in [0.717, 1.165) is 13.0 Å². The zero-order valence-corrected chi connectivity index (χ0v) is 6.42. The highest BCUT2D eigenvalue weighted by atomic mass is 35.5. The van der Waals surface area contributed by atoms with Crippen molar-refractivity contribution in [3.63, 3.8) is 0 Å². The van der Waals surface area contributed by atoms with Crippen molar-refractivity contribution in [1.82, 2.24) is 9.55 Å². The molecular formula is C6H11ClN2O. The number of halogens is 1. The molecule has 0 aliphatic rings.